The molecule has 1 heterocycles. The lowest BCUT2D eigenvalue weighted by molar-refractivity contribution is -0.118. The van der Waals surface area contributed by atoms with Gasteiger partial charge in [-0.1, -0.05) is 31.5 Å². The third-order valence-electron chi connectivity index (χ3n) is 4.62. The summed E-state index contributed by atoms with van der Waals surface area (Å²) >= 11 is 6.22. The first kappa shape index (κ1) is 22.3. The van der Waals surface area contributed by atoms with Crippen LogP contribution in [0.1, 0.15) is 41.3 Å². The van der Waals surface area contributed by atoms with Crippen LogP contribution in [-0.4, -0.2) is 23.4 Å². The molecule has 7 heteroatoms. The highest BCUT2D eigenvalue weighted by Crippen LogP contribution is 2.32. The van der Waals surface area contributed by atoms with Gasteiger partial charge in [0.2, 0.25) is 0 Å². The van der Waals surface area contributed by atoms with E-state index in [0.29, 0.717) is 27.7 Å². The minimum Gasteiger partial charge on any atom is -0.483 e. The van der Waals surface area contributed by atoms with E-state index in [9.17, 15) is 9.59 Å². The summed E-state index contributed by atoms with van der Waals surface area (Å²) in [6.07, 6.45) is 3.11. The normalized spacial score (nSPS) is 10.6. The number of hydrogen-bond donors (Lipinski definition) is 2. The smallest absolute Gasteiger partial charge is 0.262 e. The van der Waals surface area contributed by atoms with Crippen LogP contribution in [0.4, 0.5) is 11.4 Å². The Morgan fingerprint density at radius 3 is 2.39 bits per heavy atom. The van der Waals surface area contributed by atoms with Crippen LogP contribution >= 0.6 is 11.6 Å². The molecule has 0 aliphatic heterocycles. The van der Waals surface area contributed by atoms with E-state index < -0.39 is 0 Å². The Morgan fingerprint density at radius 1 is 1.03 bits per heavy atom. The largest absolute Gasteiger partial charge is 0.483 e. The van der Waals surface area contributed by atoms with Gasteiger partial charge in [-0.25, -0.2) is 0 Å². The van der Waals surface area contributed by atoms with Gasteiger partial charge in [-0.05, 0) is 66.4 Å². The van der Waals surface area contributed by atoms with E-state index in [0.717, 1.165) is 11.1 Å². The third kappa shape index (κ3) is 6.06. The van der Waals surface area contributed by atoms with Crippen LogP contribution in [-0.2, 0) is 4.79 Å². The van der Waals surface area contributed by atoms with Crippen molar-refractivity contribution >= 4 is 34.8 Å². The zero-order valence-corrected chi connectivity index (χ0v) is 18.4. The second-order valence-corrected chi connectivity index (χ2v) is 7.81. The van der Waals surface area contributed by atoms with E-state index in [1.165, 1.54) is 0 Å². The zero-order chi connectivity index (χ0) is 22.4. The minimum atomic E-state index is -0.306. The summed E-state index contributed by atoms with van der Waals surface area (Å²) in [4.78, 5) is 28.6. The first-order valence-corrected chi connectivity index (χ1v) is 10.3. The van der Waals surface area contributed by atoms with Gasteiger partial charge in [0, 0.05) is 34.4 Å². The van der Waals surface area contributed by atoms with E-state index in [1.54, 1.807) is 48.8 Å². The molecular weight excluding hydrogens is 414 g/mol. The predicted molar refractivity (Wildman–Crippen MR) is 123 cm³/mol. The standard InChI is InChI=1S/C24H24ClN3O3/c1-15(2)20-13-21(25)16(3)11-22(20)31-14-23(29)27-18-5-4-6-19(12-18)28-24(30)17-7-9-26-10-8-17/h4-13,15H,14H2,1-3H3,(H,27,29)(H,28,30). The maximum Gasteiger partial charge on any atom is 0.262 e. The Morgan fingerprint density at radius 2 is 1.71 bits per heavy atom. The molecule has 0 unspecified atom stereocenters. The summed E-state index contributed by atoms with van der Waals surface area (Å²) in [6, 6.07) is 13.9. The van der Waals surface area contributed by atoms with Gasteiger partial charge in [0.1, 0.15) is 5.75 Å². The van der Waals surface area contributed by atoms with Gasteiger partial charge in [-0.2, -0.15) is 0 Å². The summed E-state index contributed by atoms with van der Waals surface area (Å²) in [7, 11) is 0. The van der Waals surface area contributed by atoms with Gasteiger partial charge in [0.25, 0.3) is 11.8 Å². The highest BCUT2D eigenvalue weighted by molar-refractivity contribution is 6.31. The van der Waals surface area contributed by atoms with Crippen LogP contribution < -0.4 is 15.4 Å². The van der Waals surface area contributed by atoms with Crippen molar-refractivity contribution in [2.75, 3.05) is 17.2 Å². The van der Waals surface area contributed by atoms with Crippen molar-refractivity contribution in [1.29, 1.82) is 0 Å². The number of pyridine rings is 1. The Hall–Kier alpha value is -3.38. The third-order valence-corrected chi connectivity index (χ3v) is 5.03. The van der Waals surface area contributed by atoms with E-state index in [-0.39, 0.29) is 24.3 Å². The summed E-state index contributed by atoms with van der Waals surface area (Å²) in [5.74, 6) is 0.288. The van der Waals surface area contributed by atoms with Crippen molar-refractivity contribution in [3.8, 4) is 5.75 Å². The molecule has 0 spiro atoms. The molecule has 0 aliphatic rings. The fourth-order valence-corrected chi connectivity index (χ4v) is 3.14. The van der Waals surface area contributed by atoms with E-state index >= 15 is 0 Å². The minimum absolute atomic E-state index is 0.144. The molecule has 0 saturated heterocycles. The lowest BCUT2D eigenvalue weighted by atomic mass is 10.0. The van der Waals surface area contributed by atoms with Crippen molar-refractivity contribution < 1.29 is 14.3 Å². The van der Waals surface area contributed by atoms with Crippen molar-refractivity contribution in [2.24, 2.45) is 0 Å². The first-order chi connectivity index (χ1) is 14.8. The lowest BCUT2D eigenvalue weighted by Gasteiger charge is -2.16. The predicted octanol–water partition coefficient (Wildman–Crippen LogP) is 5.44. The van der Waals surface area contributed by atoms with E-state index in [1.807, 2.05) is 32.9 Å². The van der Waals surface area contributed by atoms with Gasteiger partial charge < -0.3 is 15.4 Å². The number of nitrogens with one attached hydrogen (secondary N) is 2. The zero-order valence-electron chi connectivity index (χ0n) is 17.6. The number of hydrogen-bond acceptors (Lipinski definition) is 4. The average molecular weight is 438 g/mol. The van der Waals surface area contributed by atoms with Crippen LogP contribution in [0.15, 0.2) is 60.9 Å². The Bertz CT molecular complexity index is 1080. The number of rotatable bonds is 7. The number of ether oxygens (including phenoxy) is 1. The molecule has 6 nitrogen and oxygen atoms in total. The molecule has 1 aromatic heterocycles. The monoisotopic (exact) mass is 437 g/mol. The van der Waals surface area contributed by atoms with Crippen LogP contribution in [0, 0.1) is 6.92 Å². The van der Waals surface area contributed by atoms with Crippen molar-refractivity contribution in [2.45, 2.75) is 26.7 Å². The second-order valence-electron chi connectivity index (χ2n) is 7.40. The number of carbonyl (C=O) groups is 2. The number of aromatic nitrogens is 1. The molecule has 0 atom stereocenters. The van der Waals surface area contributed by atoms with Crippen LogP contribution in [0.3, 0.4) is 0 Å². The maximum absolute atomic E-state index is 12.4. The molecule has 0 radical (unpaired) electrons. The molecule has 2 N–H and O–H groups in total. The molecule has 2 amide bonds. The molecule has 3 rings (SSSR count). The van der Waals surface area contributed by atoms with Gasteiger partial charge in [-0.15, -0.1) is 0 Å². The van der Waals surface area contributed by atoms with Gasteiger partial charge in [-0.3, -0.25) is 14.6 Å². The fraction of sp³-hybridized carbons (Fsp3) is 0.208. The number of halogens is 1. The van der Waals surface area contributed by atoms with Gasteiger partial charge in [0.15, 0.2) is 6.61 Å². The lowest BCUT2D eigenvalue weighted by Crippen LogP contribution is -2.21. The number of nitrogens with zero attached hydrogens (tertiary/aromatic N) is 1. The molecule has 3 aromatic rings. The molecule has 31 heavy (non-hydrogen) atoms. The number of amides is 2. The number of anilines is 2. The molecular formula is C24H24ClN3O3. The van der Waals surface area contributed by atoms with E-state index in [4.69, 9.17) is 16.3 Å². The Kier molecular flexibility index (Phi) is 7.26. The van der Waals surface area contributed by atoms with Crippen LogP contribution in [0.5, 0.6) is 5.75 Å². The fourth-order valence-electron chi connectivity index (χ4n) is 2.97. The van der Waals surface area contributed by atoms with Crippen molar-refractivity contribution in [3.63, 3.8) is 0 Å². The SMILES string of the molecule is Cc1cc(OCC(=O)Nc2cccc(NC(=O)c3ccncc3)c2)c(C(C)C)cc1Cl. The molecule has 0 bridgehead atoms. The second kappa shape index (κ2) is 10.1. The highest BCUT2D eigenvalue weighted by Gasteiger charge is 2.13. The van der Waals surface area contributed by atoms with Crippen molar-refractivity contribution in [3.05, 3.63) is 82.6 Å². The van der Waals surface area contributed by atoms with Crippen LogP contribution in [0.2, 0.25) is 5.02 Å². The average Bonchev–Trinajstić information content (AvgIpc) is 2.75. The number of carbonyl (C=O) groups excluding carboxylic acids is 2. The first-order valence-electron chi connectivity index (χ1n) is 9.87. The summed E-state index contributed by atoms with van der Waals surface area (Å²) < 4.78 is 5.77. The maximum atomic E-state index is 12.4. The molecule has 0 saturated carbocycles. The van der Waals surface area contributed by atoms with Crippen LogP contribution in [0.25, 0.3) is 0 Å². The topological polar surface area (TPSA) is 80.3 Å². The van der Waals surface area contributed by atoms with E-state index in [2.05, 4.69) is 15.6 Å². The Balaban J connectivity index is 1.62. The highest BCUT2D eigenvalue weighted by atomic mass is 35.5. The van der Waals surface area contributed by atoms with Gasteiger partial charge >= 0.3 is 0 Å². The molecule has 160 valence electrons. The van der Waals surface area contributed by atoms with Crippen molar-refractivity contribution in [1.82, 2.24) is 4.98 Å². The quantitative estimate of drug-likeness (QED) is 0.516. The summed E-state index contributed by atoms with van der Waals surface area (Å²) in [5.41, 5.74) is 3.45. The number of aryl methyl sites for hydroxylation is 1. The van der Waals surface area contributed by atoms with Gasteiger partial charge in [0.05, 0.1) is 0 Å². The number of benzene rings is 2. The molecule has 0 aliphatic carbocycles. The summed E-state index contributed by atoms with van der Waals surface area (Å²) in [5, 5.41) is 6.26. The Labute approximate surface area is 186 Å². The molecule has 2 aromatic carbocycles. The molecule has 0 fully saturated rings. The summed E-state index contributed by atoms with van der Waals surface area (Å²) in [6.45, 7) is 5.83.